The van der Waals surface area contributed by atoms with Crippen molar-refractivity contribution in [1.82, 2.24) is 9.34 Å². The molecular weight excluding hydrogens is 159 g/mol. The highest BCUT2D eigenvalue weighted by molar-refractivity contribution is 7.62. The maximum absolute atomic E-state index is 11.9. The minimum absolute atomic E-state index is 1.51. The predicted molar refractivity (Wildman–Crippen MR) is 48.7 cm³/mol. The standard InChI is InChI=1S/C7H15N2OP/c1-6-7-11(10,8(2)3)9(4)5/h7H,1H2,2-5H3. The number of rotatable bonds is 3. The lowest BCUT2D eigenvalue weighted by Crippen LogP contribution is -2.18. The molecule has 0 radical (unpaired) electrons. The molecule has 3 nitrogen and oxygen atoms in total. The van der Waals surface area contributed by atoms with Crippen molar-refractivity contribution in [3.8, 4) is 0 Å². The van der Waals surface area contributed by atoms with Crippen molar-refractivity contribution in [3.05, 3.63) is 18.1 Å². The van der Waals surface area contributed by atoms with Gasteiger partial charge in [-0.1, -0.05) is 6.58 Å². The molecule has 0 heterocycles. The zero-order chi connectivity index (χ0) is 9.07. The van der Waals surface area contributed by atoms with E-state index in [2.05, 4.69) is 12.3 Å². The average Bonchev–Trinajstić information content (AvgIpc) is 1.87. The van der Waals surface area contributed by atoms with Gasteiger partial charge in [0.2, 0.25) is 7.44 Å². The van der Waals surface area contributed by atoms with Gasteiger partial charge in [-0.2, -0.15) is 0 Å². The second-order valence-electron chi connectivity index (χ2n) is 2.62. The third kappa shape index (κ3) is 2.32. The lowest BCUT2D eigenvalue weighted by atomic mass is 11.0. The molecule has 0 saturated heterocycles. The van der Waals surface area contributed by atoms with Crippen LogP contribution < -0.4 is 0 Å². The summed E-state index contributed by atoms with van der Waals surface area (Å²) in [7, 11) is 4.59. The van der Waals surface area contributed by atoms with Gasteiger partial charge in [-0.05, 0) is 28.2 Å². The van der Waals surface area contributed by atoms with Crippen LogP contribution in [0.1, 0.15) is 0 Å². The molecule has 0 N–H and O–H groups in total. The third-order valence-electron chi connectivity index (χ3n) is 1.41. The maximum atomic E-state index is 11.9. The Morgan fingerprint density at radius 2 is 1.64 bits per heavy atom. The first kappa shape index (κ1) is 10.7. The van der Waals surface area contributed by atoms with Gasteiger partial charge in [0, 0.05) is 5.82 Å². The summed E-state index contributed by atoms with van der Waals surface area (Å²) in [6.07, 6.45) is 0. The Kier molecular flexibility index (Phi) is 3.77. The Morgan fingerprint density at radius 1 is 1.27 bits per heavy atom. The van der Waals surface area contributed by atoms with Gasteiger partial charge in [0.05, 0.1) is 0 Å². The normalized spacial score (nSPS) is 11.8. The first-order chi connectivity index (χ1) is 4.95. The van der Waals surface area contributed by atoms with E-state index in [-0.39, 0.29) is 0 Å². The fourth-order valence-corrected chi connectivity index (χ4v) is 2.12. The predicted octanol–water partition coefficient (Wildman–Crippen LogP) is 1.60. The SMILES string of the molecule is C=C=CP(=O)(N(C)C)N(C)C. The largest absolute Gasteiger partial charge is 0.284 e. The molecule has 0 unspecified atom stereocenters. The number of nitrogens with zero attached hydrogens (tertiary/aromatic N) is 2. The van der Waals surface area contributed by atoms with Crippen LogP contribution in [-0.4, -0.2) is 37.5 Å². The van der Waals surface area contributed by atoms with Gasteiger partial charge < -0.3 is 0 Å². The maximum Gasteiger partial charge on any atom is 0.245 e. The highest BCUT2D eigenvalue weighted by Gasteiger charge is 2.23. The average molecular weight is 174 g/mol. The van der Waals surface area contributed by atoms with Gasteiger partial charge in [-0.25, -0.2) is 9.34 Å². The van der Waals surface area contributed by atoms with Crippen LogP contribution in [0.15, 0.2) is 18.1 Å². The first-order valence-electron chi connectivity index (χ1n) is 3.27. The molecule has 0 atom stereocenters. The lowest BCUT2D eigenvalue weighted by molar-refractivity contribution is 0.459. The summed E-state index contributed by atoms with van der Waals surface area (Å²) in [6, 6.07) is 0. The van der Waals surface area contributed by atoms with Crippen LogP contribution in [0.5, 0.6) is 0 Å². The Bertz CT molecular complexity index is 204. The topological polar surface area (TPSA) is 23.6 Å². The molecular formula is C7H15N2OP. The zero-order valence-electron chi connectivity index (χ0n) is 7.53. The summed E-state index contributed by atoms with van der Waals surface area (Å²) < 4.78 is 15.3. The van der Waals surface area contributed by atoms with Crippen LogP contribution in [0.25, 0.3) is 0 Å². The molecule has 4 heteroatoms. The quantitative estimate of drug-likeness (QED) is 0.479. The minimum atomic E-state index is -2.50. The van der Waals surface area contributed by atoms with E-state index in [4.69, 9.17) is 0 Å². The molecule has 0 bridgehead atoms. The van der Waals surface area contributed by atoms with Crippen molar-refractivity contribution in [2.75, 3.05) is 28.2 Å². The zero-order valence-corrected chi connectivity index (χ0v) is 8.43. The van der Waals surface area contributed by atoms with Crippen molar-refractivity contribution in [3.63, 3.8) is 0 Å². The van der Waals surface area contributed by atoms with E-state index in [1.165, 1.54) is 5.82 Å². The van der Waals surface area contributed by atoms with Gasteiger partial charge >= 0.3 is 0 Å². The Balaban J connectivity index is 4.83. The summed E-state index contributed by atoms with van der Waals surface area (Å²) >= 11 is 0. The van der Waals surface area contributed by atoms with Crippen molar-refractivity contribution in [1.29, 1.82) is 0 Å². The Morgan fingerprint density at radius 3 is 1.73 bits per heavy atom. The molecule has 64 valence electrons. The van der Waals surface area contributed by atoms with Crippen LogP contribution in [0.4, 0.5) is 0 Å². The van der Waals surface area contributed by atoms with Gasteiger partial charge in [-0.15, -0.1) is 5.73 Å². The van der Waals surface area contributed by atoms with E-state index in [1.54, 1.807) is 37.5 Å². The molecule has 0 aromatic carbocycles. The van der Waals surface area contributed by atoms with Crippen LogP contribution in [-0.2, 0) is 4.57 Å². The molecule has 0 spiro atoms. The van der Waals surface area contributed by atoms with E-state index in [0.29, 0.717) is 0 Å². The van der Waals surface area contributed by atoms with E-state index in [0.717, 1.165) is 0 Å². The molecule has 11 heavy (non-hydrogen) atoms. The summed E-state index contributed by atoms with van der Waals surface area (Å²) in [5.74, 6) is 1.51. The van der Waals surface area contributed by atoms with Crippen LogP contribution in [0, 0.1) is 0 Å². The highest BCUT2D eigenvalue weighted by atomic mass is 31.2. The molecule has 0 amide bonds. The van der Waals surface area contributed by atoms with Crippen molar-refractivity contribution >= 4 is 7.44 Å². The molecule has 0 aromatic heterocycles. The molecule has 0 aliphatic rings. The van der Waals surface area contributed by atoms with Crippen LogP contribution in [0.3, 0.4) is 0 Å². The van der Waals surface area contributed by atoms with E-state index in [9.17, 15) is 4.57 Å². The summed E-state index contributed by atoms with van der Waals surface area (Å²) in [4.78, 5) is 0. The monoisotopic (exact) mass is 174 g/mol. The highest BCUT2D eigenvalue weighted by Crippen LogP contribution is 2.50. The van der Waals surface area contributed by atoms with E-state index >= 15 is 0 Å². The molecule has 0 fully saturated rings. The molecule has 0 aromatic rings. The van der Waals surface area contributed by atoms with Gasteiger partial charge in [-0.3, -0.25) is 4.57 Å². The molecule has 0 aliphatic heterocycles. The smallest absolute Gasteiger partial charge is 0.245 e. The minimum Gasteiger partial charge on any atom is -0.284 e. The first-order valence-corrected chi connectivity index (χ1v) is 4.95. The summed E-state index contributed by atoms with van der Waals surface area (Å²) in [5, 5.41) is 0. The second kappa shape index (κ2) is 3.89. The van der Waals surface area contributed by atoms with Crippen molar-refractivity contribution < 1.29 is 4.57 Å². The fourth-order valence-electron chi connectivity index (χ4n) is 0.708. The molecule has 0 rings (SSSR count). The Hall–Kier alpha value is -0.330. The van der Waals surface area contributed by atoms with Crippen molar-refractivity contribution in [2.45, 2.75) is 0 Å². The van der Waals surface area contributed by atoms with Crippen molar-refractivity contribution in [2.24, 2.45) is 0 Å². The van der Waals surface area contributed by atoms with E-state index < -0.39 is 7.44 Å². The van der Waals surface area contributed by atoms with E-state index in [1.807, 2.05) is 0 Å². The lowest BCUT2D eigenvalue weighted by Gasteiger charge is -2.26. The molecule has 0 aliphatic carbocycles. The summed E-state index contributed by atoms with van der Waals surface area (Å²) in [5.41, 5.74) is 2.55. The second-order valence-corrected chi connectivity index (χ2v) is 5.65. The third-order valence-corrected chi connectivity index (χ3v) is 4.22. The van der Waals surface area contributed by atoms with Crippen LogP contribution >= 0.6 is 7.44 Å². The number of hydrogen-bond acceptors (Lipinski definition) is 1. The fraction of sp³-hybridized carbons (Fsp3) is 0.571. The van der Waals surface area contributed by atoms with Gasteiger partial charge in [0.25, 0.3) is 0 Å². The Labute approximate surface area is 68.5 Å². The van der Waals surface area contributed by atoms with Gasteiger partial charge in [0.15, 0.2) is 0 Å². The van der Waals surface area contributed by atoms with Crippen LogP contribution in [0.2, 0.25) is 0 Å². The summed E-state index contributed by atoms with van der Waals surface area (Å²) in [6.45, 7) is 3.40. The number of hydrogen-bond donors (Lipinski definition) is 0. The molecule has 0 saturated carbocycles. The van der Waals surface area contributed by atoms with Gasteiger partial charge in [0.1, 0.15) is 0 Å².